The molecule has 36 heteroatoms. The van der Waals surface area contributed by atoms with Gasteiger partial charge in [0.05, 0.1) is 21.2 Å². The molecule has 0 fully saturated rings. The lowest BCUT2D eigenvalue weighted by Crippen LogP contribution is -2.23. The maximum absolute atomic E-state index is 12.8. The predicted molar refractivity (Wildman–Crippen MR) is 282 cm³/mol. The van der Waals surface area contributed by atoms with E-state index in [2.05, 4.69) is 61.8 Å². The van der Waals surface area contributed by atoms with Crippen molar-refractivity contribution in [3.63, 3.8) is 0 Å². The van der Waals surface area contributed by atoms with Gasteiger partial charge in [-0.3, -0.25) is 27.3 Å². The van der Waals surface area contributed by atoms with E-state index in [0.29, 0.717) is 36.4 Å². The molecule has 0 radical (unpaired) electrons. The molecule has 0 saturated carbocycles. The second kappa shape index (κ2) is 22.7. The third-order valence-corrected chi connectivity index (χ3v) is 16.4. The molecule has 6 rings (SSSR count). The van der Waals surface area contributed by atoms with E-state index >= 15 is 0 Å². The highest BCUT2D eigenvalue weighted by Crippen LogP contribution is 2.32. The van der Waals surface area contributed by atoms with Crippen LogP contribution in [0.3, 0.4) is 0 Å². The summed E-state index contributed by atoms with van der Waals surface area (Å²) in [7, 11) is -30.1. The Morgan fingerprint density at radius 3 is 0.936 bits per heavy atom. The molecule has 0 aliphatic heterocycles. The Kier molecular flexibility index (Phi) is 17.5. The van der Waals surface area contributed by atoms with Crippen LogP contribution in [-0.2, 0) is 60.7 Å². The average molecular weight is 1200 g/mol. The number of hydrogen-bond donors (Lipinski definition) is 12. The molecule has 12 N–H and O–H groups in total. The Hall–Kier alpha value is -7.10. The summed E-state index contributed by atoms with van der Waals surface area (Å²) >= 11 is 0. The van der Waals surface area contributed by atoms with Gasteiger partial charge in [0.15, 0.2) is 0 Å². The van der Waals surface area contributed by atoms with Gasteiger partial charge in [-0.15, -0.1) is 0 Å². The lowest BCUT2D eigenvalue weighted by atomic mass is 10.1. The number of nitrogens with zero attached hydrogens (tertiary/aromatic N) is 6. The quantitative estimate of drug-likeness (QED) is 0.0291. The van der Waals surface area contributed by atoms with E-state index in [1.165, 1.54) is 24.3 Å². The van der Waals surface area contributed by atoms with Crippen LogP contribution in [0, 0.1) is 11.8 Å². The molecule has 0 saturated heterocycles. The van der Waals surface area contributed by atoms with E-state index in [-0.39, 0.29) is 70.2 Å². The average Bonchev–Trinajstić information content (AvgIpc) is 3.30. The summed E-state index contributed by atoms with van der Waals surface area (Å²) in [6.07, 6.45) is 2.15. The predicted octanol–water partition coefficient (Wildman–Crippen LogP) is 5.59. The van der Waals surface area contributed by atoms with Gasteiger partial charge in [0.25, 0.3) is 60.7 Å². The highest BCUT2D eigenvalue weighted by molar-refractivity contribution is 7.87. The fourth-order valence-corrected chi connectivity index (χ4v) is 10.1. The van der Waals surface area contributed by atoms with E-state index in [1.807, 2.05) is 27.7 Å². The summed E-state index contributed by atoms with van der Waals surface area (Å²) in [6.45, 7) is 11.0. The molecular formula is C42H48N12O18S6. The Labute approximate surface area is 447 Å². The van der Waals surface area contributed by atoms with E-state index in [0.717, 1.165) is 24.3 Å². The molecule has 2 atom stereocenters. The van der Waals surface area contributed by atoms with Crippen molar-refractivity contribution < 1.29 is 77.8 Å². The van der Waals surface area contributed by atoms with Crippen LogP contribution < -0.4 is 31.9 Å². The second-order valence-electron chi connectivity index (χ2n) is 17.5. The van der Waals surface area contributed by atoms with Crippen molar-refractivity contribution in [2.45, 2.75) is 83.0 Å². The summed E-state index contributed by atoms with van der Waals surface area (Å²) in [5.74, 6) is -2.02. The first-order valence-electron chi connectivity index (χ1n) is 22.1. The first-order chi connectivity index (χ1) is 35.8. The van der Waals surface area contributed by atoms with Crippen molar-refractivity contribution in [1.82, 2.24) is 29.9 Å². The number of hydrogen-bond acceptors (Lipinski definition) is 24. The van der Waals surface area contributed by atoms with Crippen LogP contribution in [0.25, 0.3) is 12.2 Å². The fourth-order valence-electron chi connectivity index (χ4n) is 6.45. The van der Waals surface area contributed by atoms with Crippen molar-refractivity contribution in [2.75, 3.05) is 31.9 Å². The van der Waals surface area contributed by atoms with E-state index in [4.69, 9.17) is 0 Å². The van der Waals surface area contributed by atoms with Crippen LogP contribution in [0.1, 0.15) is 52.7 Å². The molecule has 2 heterocycles. The maximum atomic E-state index is 12.8. The lowest BCUT2D eigenvalue weighted by Gasteiger charge is -2.19. The Morgan fingerprint density at radius 2 is 0.654 bits per heavy atom. The highest BCUT2D eigenvalue weighted by atomic mass is 32.2. The smallest absolute Gasteiger partial charge is 0.296 e. The Morgan fingerprint density at radius 1 is 0.359 bits per heavy atom. The number of aromatic nitrogens is 6. The molecule has 0 spiro atoms. The van der Waals surface area contributed by atoms with Crippen LogP contribution in [0.15, 0.2) is 102 Å². The number of rotatable bonds is 22. The molecule has 420 valence electrons. The van der Waals surface area contributed by atoms with Crippen molar-refractivity contribution in [1.29, 1.82) is 0 Å². The summed E-state index contributed by atoms with van der Waals surface area (Å²) < 4.78 is 208. The molecular weight excluding hydrogens is 1150 g/mol. The van der Waals surface area contributed by atoms with Crippen LogP contribution in [-0.4, -0.2) is 120 Å². The molecule has 0 aliphatic carbocycles. The molecule has 2 aromatic heterocycles. The Bertz CT molecular complexity index is 3800. The zero-order valence-electron chi connectivity index (χ0n) is 41.1. The molecule has 0 bridgehead atoms. The summed E-state index contributed by atoms with van der Waals surface area (Å²) in [5, 5.41) is 16.4. The van der Waals surface area contributed by atoms with Gasteiger partial charge in [-0.25, -0.2) is 0 Å². The Balaban J connectivity index is 1.35. The lowest BCUT2D eigenvalue weighted by molar-refractivity contribution is 0.479. The molecule has 6 aromatic rings. The molecule has 4 aromatic carbocycles. The summed E-state index contributed by atoms with van der Waals surface area (Å²) in [6, 6.07) is 10.3. The van der Waals surface area contributed by atoms with Gasteiger partial charge in [0, 0.05) is 23.5 Å². The first kappa shape index (κ1) is 60.1. The van der Waals surface area contributed by atoms with Crippen molar-refractivity contribution in [2.24, 2.45) is 11.8 Å². The molecule has 78 heavy (non-hydrogen) atoms. The molecule has 0 amide bonds. The zero-order valence-corrected chi connectivity index (χ0v) is 46.0. The van der Waals surface area contributed by atoms with Crippen molar-refractivity contribution >= 4 is 131 Å². The minimum Gasteiger partial charge on any atom is -0.351 e. The van der Waals surface area contributed by atoms with Crippen LogP contribution in [0.2, 0.25) is 0 Å². The number of benzene rings is 4. The van der Waals surface area contributed by atoms with Gasteiger partial charge in [0.1, 0.15) is 19.6 Å². The van der Waals surface area contributed by atoms with E-state index in [1.54, 1.807) is 13.8 Å². The fraction of sp³-hybridized carbons (Fsp3) is 0.238. The van der Waals surface area contributed by atoms with Gasteiger partial charge in [-0.05, 0) is 97.5 Å². The third-order valence-electron chi connectivity index (χ3n) is 11.1. The maximum Gasteiger partial charge on any atom is 0.296 e. The van der Waals surface area contributed by atoms with Crippen molar-refractivity contribution in [3.8, 4) is 0 Å². The van der Waals surface area contributed by atoms with E-state index < -0.39 is 113 Å². The van der Waals surface area contributed by atoms with Gasteiger partial charge >= 0.3 is 0 Å². The summed E-state index contributed by atoms with van der Waals surface area (Å²) in [5.41, 5.74) is -1.91. The summed E-state index contributed by atoms with van der Waals surface area (Å²) in [4.78, 5) is 20.5. The number of anilines is 10. The monoisotopic (exact) mass is 1200 g/mol. The molecule has 2 unspecified atom stereocenters. The zero-order chi connectivity index (χ0) is 58.1. The molecule has 30 nitrogen and oxygen atoms in total. The minimum atomic E-state index is -5.11. The van der Waals surface area contributed by atoms with Gasteiger partial charge < -0.3 is 31.9 Å². The molecule has 0 aliphatic rings. The van der Waals surface area contributed by atoms with Gasteiger partial charge in [-0.1, -0.05) is 52.0 Å². The third kappa shape index (κ3) is 15.8. The van der Waals surface area contributed by atoms with Crippen molar-refractivity contribution in [3.05, 3.63) is 83.9 Å². The topological polar surface area (TPSA) is 476 Å². The minimum absolute atomic E-state index is 0.0189. The van der Waals surface area contributed by atoms with Gasteiger partial charge in [-0.2, -0.15) is 80.4 Å². The standard InChI is InChI=1S/C42H48N12O18S6/c1-21(2)23(5)43-37-49-39(53-41(51-37)47-31-19-29(73(55,56)57)13-15-33(31)75(61,62)63)45-27-11-9-25(35(17-27)77(67,68)69)7-8-26-10-12-28(18-36(26)78(70,71)72)46-40-50-38(44-24(6)22(3)4)52-42(54-40)48-32-20-30(74(58,59)60)14-16-34(32)76(64,65)66/h7-24H,1-6H3,(H,55,56,57)(H,58,59,60)(H,61,62,63)(H,64,65,66)(H,67,68,69)(H,70,71,72)(H3,43,45,47,49,51,53)(H3,44,46,48,50,52,54)/b8-7+. The number of nitrogens with one attached hydrogen (secondary N) is 6. The van der Waals surface area contributed by atoms with E-state index in [9.17, 15) is 77.8 Å². The first-order valence-corrected chi connectivity index (χ1v) is 30.7. The SMILES string of the molecule is CC(C)C(C)Nc1nc(Nc2ccc(/C=C/c3ccc(Nc4nc(Nc5cc(S(=O)(=O)O)ccc5S(=O)(=O)O)nc(NC(C)C(C)C)n4)cc3S(=O)(=O)O)c(S(=O)(=O)O)c2)nc(Nc2cc(S(=O)(=O)O)ccc2S(=O)(=O)O)n1. The largest absolute Gasteiger partial charge is 0.351 e. The second-order valence-corrected chi connectivity index (χ2v) is 25.9. The van der Waals surface area contributed by atoms with Crippen LogP contribution >= 0.6 is 0 Å². The van der Waals surface area contributed by atoms with Crippen LogP contribution in [0.5, 0.6) is 0 Å². The highest BCUT2D eigenvalue weighted by Gasteiger charge is 2.25. The van der Waals surface area contributed by atoms with Crippen LogP contribution in [0.4, 0.5) is 58.4 Å². The van der Waals surface area contributed by atoms with Gasteiger partial charge in [0.2, 0.25) is 35.7 Å². The normalized spacial score (nSPS) is 13.6.